The largest absolute Gasteiger partial charge is 0.172 e. The van der Waals surface area contributed by atoms with Gasteiger partial charge in [-0.25, -0.2) is 0 Å². The summed E-state index contributed by atoms with van der Waals surface area (Å²) >= 11 is 17.8. The highest BCUT2D eigenvalue weighted by molar-refractivity contribution is 8.46. The minimum atomic E-state index is 0.966. The van der Waals surface area contributed by atoms with Gasteiger partial charge < -0.3 is 0 Å². The van der Waals surface area contributed by atoms with Crippen LogP contribution in [0.1, 0.15) is 27.7 Å². The number of aromatic nitrogens is 4. The van der Waals surface area contributed by atoms with Crippen LogP contribution in [0.4, 0.5) is 0 Å². The van der Waals surface area contributed by atoms with Gasteiger partial charge in [-0.15, -0.1) is 47.0 Å². The Bertz CT molecular complexity index is 1220. The molecule has 0 saturated carbocycles. The van der Waals surface area contributed by atoms with Gasteiger partial charge in [-0.3, -0.25) is 0 Å². The number of hydrogen-bond donors (Lipinski definition) is 0. The lowest BCUT2D eigenvalue weighted by atomic mass is 10.2. The fraction of sp³-hybridized carbons (Fsp3) is 0.400. The molecule has 0 spiro atoms. The lowest BCUT2D eigenvalue weighted by molar-refractivity contribution is 1.53. The maximum atomic E-state index is 4.81. The molecule has 1 aromatic carbocycles. The topological polar surface area (TPSA) is 51.6 Å². The molecule has 180 valence electrons. The second-order valence-electron chi connectivity index (χ2n) is 6.54. The van der Waals surface area contributed by atoms with Gasteiger partial charge in [0, 0.05) is 0 Å². The van der Waals surface area contributed by atoms with Crippen molar-refractivity contribution in [2.75, 3.05) is 23.0 Å². The summed E-state index contributed by atoms with van der Waals surface area (Å²) in [5.74, 6) is 4.28. The van der Waals surface area contributed by atoms with E-state index in [1.54, 1.807) is 0 Å². The highest BCUT2D eigenvalue weighted by Gasteiger charge is 2.28. The highest BCUT2D eigenvalue weighted by Crippen LogP contribution is 2.59. The van der Waals surface area contributed by atoms with Crippen LogP contribution in [-0.4, -0.2) is 40.5 Å². The van der Waals surface area contributed by atoms with E-state index in [4.69, 9.17) is 17.5 Å². The third-order valence-electron chi connectivity index (χ3n) is 4.51. The predicted octanol–water partition coefficient (Wildman–Crippen LogP) is 8.05. The molecule has 34 heavy (non-hydrogen) atoms. The Morgan fingerprint density at radius 1 is 0.471 bits per heavy atom. The molecule has 0 fully saturated rings. The minimum absolute atomic E-state index is 0.966. The summed E-state index contributed by atoms with van der Waals surface area (Å²) in [7, 11) is 0. The Morgan fingerprint density at radius 2 is 0.735 bits per heavy atom. The van der Waals surface area contributed by atoms with E-state index in [9.17, 15) is 0 Å². The van der Waals surface area contributed by atoms with E-state index in [0.29, 0.717) is 0 Å². The second kappa shape index (κ2) is 12.2. The summed E-state index contributed by atoms with van der Waals surface area (Å²) in [6.07, 6.45) is 0. The molecule has 0 unspecified atom stereocenters. The summed E-state index contributed by atoms with van der Waals surface area (Å²) in [5, 5.41) is 2.22. The summed E-state index contributed by atoms with van der Waals surface area (Å²) in [6, 6.07) is 0. The molecule has 0 bridgehead atoms. The molecule has 4 heterocycles. The Kier molecular flexibility index (Phi) is 9.47. The van der Waals surface area contributed by atoms with Crippen LogP contribution in [0.5, 0.6) is 0 Å². The summed E-state index contributed by atoms with van der Waals surface area (Å²) < 4.78 is 27.3. The molecular formula is C20H20N4S10. The summed E-state index contributed by atoms with van der Waals surface area (Å²) in [4.78, 5) is 0. The molecule has 2 aromatic heterocycles. The lowest BCUT2D eigenvalue weighted by Gasteiger charge is -2.03. The molecule has 4 nitrogen and oxygen atoms in total. The van der Waals surface area contributed by atoms with Gasteiger partial charge in [0.1, 0.15) is 22.1 Å². The zero-order valence-electron chi connectivity index (χ0n) is 18.7. The van der Waals surface area contributed by atoms with Crippen LogP contribution in [0.3, 0.4) is 0 Å². The van der Waals surface area contributed by atoms with Crippen LogP contribution in [-0.2, 0) is 0 Å². The second-order valence-corrected chi connectivity index (χ2v) is 18.3. The average molecular weight is 637 g/mol. The highest BCUT2D eigenvalue weighted by atomic mass is 32.3. The monoisotopic (exact) mass is 636 g/mol. The zero-order chi connectivity index (χ0) is 23.7. The maximum Gasteiger partial charge on any atom is 0.116 e. The first-order chi connectivity index (χ1) is 16.7. The van der Waals surface area contributed by atoms with E-state index in [0.717, 1.165) is 55.5 Å². The van der Waals surface area contributed by atoms with Crippen molar-refractivity contribution in [2.24, 2.45) is 0 Å². The van der Waals surface area contributed by atoms with E-state index >= 15 is 0 Å². The van der Waals surface area contributed by atoms with Gasteiger partial charge >= 0.3 is 0 Å². The first kappa shape index (κ1) is 26.5. The van der Waals surface area contributed by atoms with E-state index in [1.165, 1.54) is 48.9 Å². The Balaban J connectivity index is 1.73. The number of rotatable bonds is 8. The van der Waals surface area contributed by atoms with E-state index in [2.05, 4.69) is 27.7 Å². The van der Waals surface area contributed by atoms with Gasteiger partial charge in [0.2, 0.25) is 0 Å². The molecule has 2 aliphatic heterocycles. The van der Waals surface area contributed by atoms with Gasteiger partial charge in [-0.1, -0.05) is 74.7 Å². The first-order valence-corrected chi connectivity index (χ1v) is 19.2. The van der Waals surface area contributed by atoms with Gasteiger partial charge in [0.25, 0.3) is 0 Å². The number of hydrogen-bond acceptors (Lipinski definition) is 14. The fourth-order valence-electron chi connectivity index (χ4n) is 3.27. The van der Waals surface area contributed by atoms with Crippen LogP contribution >= 0.6 is 118 Å². The number of thioether (sulfide) groups is 8. The standard InChI is InChI=1S/C20H20N4S10/c1-5-25-17-18(26-6-2)30-15(29-17)9-11-13(23-33-21-11)10(14-12(9)22-34-24-14)16-31-19(27-7-3)20(32-16)28-8-4/h5-8H2,1-4H3. The Hall–Kier alpha value is 0.880. The molecule has 0 atom stereocenters. The molecule has 0 N–H and O–H groups in total. The number of fused-ring (bicyclic) bond motifs is 2. The maximum absolute atomic E-state index is 4.81. The summed E-state index contributed by atoms with van der Waals surface area (Å²) in [6.45, 7) is 8.86. The molecule has 2 aliphatic rings. The van der Waals surface area contributed by atoms with Crippen LogP contribution in [0.2, 0.25) is 0 Å². The zero-order valence-corrected chi connectivity index (χ0v) is 26.9. The molecule has 0 aliphatic carbocycles. The third-order valence-corrected chi connectivity index (χ3v) is 16.2. The lowest BCUT2D eigenvalue weighted by Crippen LogP contribution is -2.17. The molecule has 0 saturated heterocycles. The van der Waals surface area contributed by atoms with Crippen molar-refractivity contribution in [3.63, 3.8) is 0 Å². The van der Waals surface area contributed by atoms with Crippen molar-refractivity contribution < 1.29 is 0 Å². The molecular weight excluding hydrogens is 617 g/mol. The quantitative estimate of drug-likeness (QED) is 0.240. The van der Waals surface area contributed by atoms with Gasteiger partial charge in [0.05, 0.1) is 59.3 Å². The molecule has 14 heteroatoms. The van der Waals surface area contributed by atoms with Crippen LogP contribution in [0.25, 0.3) is 30.5 Å². The first-order valence-electron chi connectivity index (χ1n) is 10.6. The minimum Gasteiger partial charge on any atom is -0.172 e. The fourth-order valence-corrected chi connectivity index (χ4v) is 15.8. The van der Waals surface area contributed by atoms with E-state index in [-0.39, 0.29) is 0 Å². The van der Waals surface area contributed by atoms with Gasteiger partial charge in [-0.2, -0.15) is 17.5 Å². The van der Waals surface area contributed by atoms with Crippen molar-refractivity contribution in [1.82, 2.24) is 17.5 Å². The smallest absolute Gasteiger partial charge is 0.116 e. The molecule has 0 amide bonds. The normalized spacial score (nSPS) is 16.9. The van der Waals surface area contributed by atoms with Crippen LogP contribution in [0, 0.1) is 0 Å². The van der Waals surface area contributed by atoms with Crippen LogP contribution in [0.15, 0.2) is 16.9 Å². The molecule has 3 aromatic rings. The molecule has 5 rings (SSSR count). The molecule has 0 radical (unpaired) electrons. The number of nitrogens with zero attached hydrogens (tertiary/aromatic N) is 4. The van der Waals surface area contributed by atoms with Crippen molar-refractivity contribution >= 4 is 148 Å². The SMILES string of the molecule is CCSC1=C(SCC)SC(=c2c3nsnc3c(=C3SC(SCC)=C(SCC)S3)c3nsnc23)S1. The number of benzene rings is 1. The van der Waals surface area contributed by atoms with Crippen molar-refractivity contribution in [1.29, 1.82) is 0 Å². The van der Waals surface area contributed by atoms with Gasteiger partial charge in [0.15, 0.2) is 0 Å². The van der Waals surface area contributed by atoms with Gasteiger partial charge in [-0.05, 0) is 23.0 Å². The average Bonchev–Trinajstić information content (AvgIpc) is 3.61. The van der Waals surface area contributed by atoms with Crippen molar-refractivity contribution in [2.45, 2.75) is 27.7 Å². The van der Waals surface area contributed by atoms with Crippen molar-refractivity contribution in [3.8, 4) is 0 Å². The predicted molar refractivity (Wildman–Crippen MR) is 171 cm³/mol. The van der Waals surface area contributed by atoms with E-state index in [1.807, 2.05) is 94.1 Å². The van der Waals surface area contributed by atoms with E-state index < -0.39 is 0 Å². The Labute approximate surface area is 241 Å². The third kappa shape index (κ3) is 5.11. The summed E-state index contributed by atoms with van der Waals surface area (Å²) in [5.41, 5.74) is 3.87. The van der Waals surface area contributed by atoms with Crippen LogP contribution < -0.4 is 10.4 Å². The Morgan fingerprint density at radius 3 is 0.971 bits per heavy atom. The van der Waals surface area contributed by atoms with Crippen molar-refractivity contribution in [3.05, 3.63) is 27.4 Å².